The summed E-state index contributed by atoms with van der Waals surface area (Å²) < 4.78 is 43.0. The molecule has 1 aromatic rings. The summed E-state index contributed by atoms with van der Waals surface area (Å²) in [5, 5.41) is 11.2. The van der Waals surface area contributed by atoms with Crippen LogP contribution in [0.1, 0.15) is 38.8 Å². The molecule has 136 valence electrons. The summed E-state index contributed by atoms with van der Waals surface area (Å²) in [7, 11) is 0. The molecular weight excluding hydrogens is 353 g/mol. The first-order chi connectivity index (χ1) is 11.3. The lowest BCUT2D eigenvalue weighted by Gasteiger charge is -2.38. The maximum atomic E-state index is 13.3. The Morgan fingerprint density at radius 2 is 1.88 bits per heavy atom. The summed E-state index contributed by atoms with van der Waals surface area (Å²) in [6.45, 7) is 6.08. The number of benzene rings is 1. The largest absolute Gasteiger partial charge is 0.459 e. The minimum Gasteiger partial charge on any atom is -0.459 e. The topological polar surface area (TPSA) is 46.5 Å². The summed E-state index contributed by atoms with van der Waals surface area (Å²) in [5.41, 5.74) is -7.43. The number of carbonyl (C=O) groups excluding carboxylic acids is 1. The fourth-order valence-electron chi connectivity index (χ4n) is 2.92. The molecule has 0 radical (unpaired) electrons. The molecule has 0 spiro atoms. The first-order valence-corrected chi connectivity index (χ1v) is 8.41. The number of hydrogen-bond acceptors (Lipinski definition) is 4. The zero-order chi connectivity index (χ0) is 19.1. The highest BCUT2D eigenvalue weighted by Crippen LogP contribution is 2.57. The molecule has 1 N–H and O–H groups in total. The molecule has 0 heterocycles. The molecule has 0 amide bonds. The molecule has 0 aromatic heterocycles. The van der Waals surface area contributed by atoms with Crippen LogP contribution in [-0.2, 0) is 21.6 Å². The molecular formula is C18H19F3O3S. The Balaban J connectivity index is 2.69. The van der Waals surface area contributed by atoms with Crippen molar-refractivity contribution >= 4 is 17.7 Å². The molecule has 1 aliphatic carbocycles. The van der Waals surface area contributed by atoms with Gasteiger partial charge in [0.1, 0.15) is 5.60 Å². The lowest BCUT2D eigenvalue weighted by molar-refractivity contribution is -0.163. The van der Waals surface area contributed by atoms with Gasteiger partial charge < -0.3 is 9.84 Å². The minimum atomic E-state index is -4.76. The monoisotopic (exact) mass is 372 g/mol. The molecule has 0 bridgehead atoms. The van der Waals surface area contributed by atoms with Crippen molar-refractivity contribution in [3.05, 3.63) is 35.4 Å². The van der Waals surface area contributed by atoms with Crippen LogP contribution >= 0.6 is 11.8 Å². The number of thioether (sulfide) groups is 1. The van der Waals surface area contributed by atoms with Gasteiger partial charge in [-0.2, -0.15) is 13.2 Å². The Kier molecular flexibility index (Phi) is 4.92. The highest BCUT2D eigenvalue weighted by atomic mass is 32.2. The molecule has 0 saturated carbocycles. The van der Waals surface area contributed by atoms with E-state index in [1.165, 1.54) is 13.0 Å². The number of carbonyl (C=O) groups is 1. The van der Waals surface area contributed by atoms with E-state index in [-0.39, 0.29) is 12.0 Å². The highest BCUT2D eigenvalue weighted by Gasteiger charge is 2.67. The van der Waals surface area contributed by atoms with Gasteiger partial charge in [0.15, 0.2) is 10.3 Å². The number of esters is 1. The Morgan fingerprint density at radius 1 is 1.28 bits per heavy atom. The number of fused-ring (bicyclic) bond motifs is 1. The summed E-state index contributed by atoms with van der Waals surface area (Å²) in [6, 6.07) is 6.30. The van der Waals surface area contributed by atoms with Gasteiger partial charge in [0.25, 0.3) is 0 Å². The molecule has 0 saturated heterocycles. The highest BCUT2D eigenvalue weighted by molar-refractivity contribution is 8.02. The first kappa shape index (κ1) is 19.7. The van der Waals surface area contributed by atoms with Gasteiger partial charge in [-0.25, -0.2) is 0 Å². The Bertz CT molecular complexity index is 742. The van der Waals surface area contributed by atoms with E-state index < -0.39 is 39.2 Å². The van der Waals surface area contributed by atoms with Crippen LogP contribution in [0.2, 0.25) is 0 Å². The Hall–Kier alpha value is -1.65. The van der Waals surface area contributed by atoms with E-state index in [1.807, 2.05) is 0 Å². The van der Waals surface area contributed by atoms with E-state index in [0.717, 1.165) is 0 Å². The molecule has 25 heavy (non-hydrogen) atoms. The second-order valence-corrected chi connectivity index (χ2v) is 8.16. The second-order valence-electron chi connectivity index (χ2n) is 6.80. The van der Waals surface area contributed by atoms with Gasteiger partial charge in [-0.15, -0.1) is 5.92 Å². The van der Waals surface area contributed by atoms with E-state index in [9.17, 15) is 23.1 Å². The third-order valence-corrected chi connectivity index (χ3v) is 4.94. The van der Waals surface area contributed by atoms with Crippen LogP contribution in [0.15, 0.2) is 24.3 Å². The zero-order valence-electron chi connectivity index (χ0n) is 14.3. The van der Waals surface area contributed by atoms with Gasteiger partial charge in [0, 0.05) is 12.0 Å². The van der Waals surface area contributed by atoms with Crippen LogP contribution in [-0.4, -0.2) is 26.9 Å². The summed E-state index contributed by atoms with van der Waals surface area (Å²) in [5.74, 6) is 3.77. The Morgan fingerprint density at radius 3 is 2.40 bits per heavy atom. The smallest absolute Gasteiger partial charge is 0.443 e. The normalized spacial score (nSPS) is 25.8. The molecule has 3 nitrogen and oxygen atoms in total. The number of rotatable bonds is 2. The second kappa shape index (κ2) is 6.26. The Labute approximate surface area is 148 Å². The van der Waals surface area contributed by atoms with Gasteiger partial charge in [-0.3, -0.25) is 4.79 Å². The predicted molar refractivity (Wildman–Crippen MR) is 89.7 cm³/mol. The lowest BCUT2D eigenvalue weighted by atomic mass is 9.86. The van der Waals surface area contributed by atoms with Gasteiger partial charge in [-0.05, 0) is 45.0 Å². The van der Waals surface area contributed by atoms with Crippen molar-refractivity contribution < 1.29 is 27.8 Å². The maximum Gasteiger partial charge on any atom is 0.443 e. The quantitative estimate of drug-likeness (QED) is 0.634. The van der Waals surface area contributed by atoms with Crippen LogP contribution in [0.5, 0.6) is 0 Å². The number of halogens is 3. The van der Waals surface area contributed by atoms with Crippen molar-refractivity contribution in [2.24, 2.45) is 0 Å². The predicted octanol–water partition coefficient (Wildman–Crippen LogP) is 3.79. The van der Waals surface area contributed by atoms with Crippen LogP contribution in [0.4, 0.5) is 13.2 Å². The zero-order valence-corrected chi connectivity index (χ0v) is 15.1. The van der Waals surface area contributed by atoms with Crippen LogP contribution in [0.25, 0.3) is 0 Å². The SMILES string of the molecule is CC#CC1(O)c2ccccc2CC1(SC(F)(F)F)C(=O)OC(C)(C)C. The number of aliphatic hydroxyl groups is 1. The summed E-state index contributed by atoms with van der Waals surface area (Å²) in [4.78, 5) is 12.8. The minimum absolute atomic E-state index is 0.201. The molecule has 0 fully saturated rings. The van der Waals surface area contributed by atoms with E-state index >= 15 is 0 Å². The number of alkyl halides is 3. The molecule has 2 rings (SSSR count). The molecule has 7 heteroatoms. The van der Waals surface area contributed by atoms with Crippen molar-refractivity contribution in [1.29, 1.82) is 0 Å². The summed E-state index contributed by atoms with van der Waals surface area (Å²) >= 11 is -0.563. The van der Waals surface area contributed by atoms with E-state index in [0.29, 0.717) is 5.56 Å². The lowest BCUT2D eigenvalue weighted by Crippen LogP contribution is -2.55. The first-order valence-electron chi connectivity index (χ1n) is 7.60. The van der Waals surface area contributed by atoms with Crippen molar-refractivity contribution in [3.8, 4) is 11.8 Å². The van der Waals surface area contributed by atoms with Crippen molar-refractivity contribution in [2.75, 3.05) is 0 Å². The molecule has 0 aliphatic heterocycles. The van der Waals surface area contributed by atoms with Crippen molar-refractivity contribution in [1.82, 2.24) is 0 Å². The van der Waals surface area contributed by atoms with E-state index in [2.05, 4.69) is 11.8 Å². The van der Waals surface area contributed by atoms with Gasteiger partial charge in [0.2, 0.25) is 0 Å². The fraction of sp³-hybridized carbons (Fsp3) is 0.500. The van der Waals surface area contributed by atoms with Crippen LogP contribution in [0.3, 0.4) is 0 Å². The van der Waals surface area contributed by atoms with Gasteiger partial charge in [-0.1, -0.05) is 30.2 Å². The average Bonchev–Trinajstić information content (AvgIpc) is 2.66. The van der Waals surface area contributed by atoms with Crippen molar-refractivity contribution in [3.63, 3.8) is 0 Å². The van der Waals surface area contributed by atoms with Gasteiger partial charge >= 0.3 is 11.5 Å². The molecule has 2 unspecified atom stereocenters. The van der Waals surface area contributed by atoms with Crippen LogP contribution in [0, 0.1) is 11.8 Å². The molecule has 1 aliphatic rings. The molecule has 1 aromatic carbocycles. The van der Waals surface area contributed by atoms with E-state index in [4.69, 9.17) is 4.74 Å². The number of ether oxygens (including phenoxy) is 1. The standard InChI is InChI=1S/C18H19F3O3S/c1-5-10-16(23)13-9-7-6-8-12(13)11-17(16,25-18(19,20)21)14(22)24-15(2,3)4/h6-9,23H,11H2,1-4H3. The average molecular weight is 372 g/mol. The third-order valence-electron chi connectivity index (χ3n) is 3.76. The third kappa shape index (κ3) is 3.65. The van der Waals surface area contributed by atoms with E-state index in [1.54, 1.807) is 39.0 Å². The van der Waals surface area contributed by atoms with Crippen molar-refractivity contribution in [2.45, 2.75) is 55.6 Å². The fourth-order valence-corrected chi connectivity index (χ4v) is 3.98. The number of hydrogen-bond donors (Lipinski definition) is 1. The summed E-state index contributed by atoms with van der Waals surface area (Å²) in [6.07, 6.45) is -0.326. The molecule has 2 atom stereocenters. The maximum absolute atomic E-state index is 13.3. The van der Waals surface area contributed by atoms with Gasteiger partial charge in [0.05, 0.1) is 0 Å². The van der Waals surface area contributed by atoms with Crippen LogP contribution < -0.4 is 0 Å².